The van der Waals surface area contributed by atoms with Gasteiger partial charge in [-0.25, -0.2) is 10.2 Å². The molecule has 9 nitrogen and oxygen atoms in total. The van der Waals surface area contributed by atoms with Crippen molar-refractivity contribution in [1.82, 2.24) is 20.5 Å². The average Bonchev–Trinajstić information content (AvgIpc) is 2.82. The summed E-state index contributed by atoms with van der Waals surface area (Å²) in [4.78, 5) is 34.1. The first-order valence-corrected chi connectivity index (χ1v) is 5.85. The van der Waals surface area contributed by atoms with Crippen LogP contribution in [0.3, 0.4) is 0 Å². The molecule has 1 aromatic rings. The van der Waals surface area contributed by atoms with E-state index >= 15 is 0 Å². The molecule has 0 radical (unpaired) electrons. The van der Waals surface area contributed by atoms with E-state index in [9.17, 15) is 14.4 Å². The topological polar surface area (TPSA) is 126 Å². The quantitative estimate of drug-likeness (QED) is 0.647. The van der Waals surface area contributed by atoms with Gasteiger partial charge in [-0.15, -0.1) is 0 Å². The number of aryl methyl sites for hydroxylation is 1. The average molecular weight is 279 g/mol. The normalized spacial score (nSPS) is 16.1. The van der Waals surface area contributed by atoms with Crippen molar-refractivity contribution >= 4 is 23.5 Å². The summed E-state index contributed by atoms with van der Waals surface area (Å²) in [6, 6.07) is -1.21. The summed E-state index contributed by atoms with van der Waals surface area (Å²) in [6.07, 6.45) is 3.20. The van der Waals surface area contributed by atoms with E-state index in [4.69, 9.17) is 5.11 Å². The maximum Gasteiger partial charge on any atom is 0.331 e. The lowest BCUT2D eigenvalue weighted by Crippen LogP contribution is -2.40. The number of nitrogens with zero attached hydrogens (tertiary/aromatic N) is 3. The third kappa shape index (κ3) is 2.99. The molecule has 9 heteroatoms. The van der Waals surface area contributed by atoms with Crippen LogP contribution in [0.25, 0.3) is 0 Å². The molecule has 2 amide bonds. The second-order valence-corrected chi connectivity index (χ2v) is 4.29. The van der Waals surface area contributed by atoms with Gasteiger partial charge in [0.15, 0.2) is 6.04 Å². The summed E-state index contributed by atoms with van der Waals surface area (Å²) in [5.74, 6) is -2.10. The minimum absolute atomic E-state index is 0.0970. The predicted octanol–water partition coefficient (Wildman–Crippen LogP) is -1.07. The molecule has 0 saturated carbocycles. The molecule has 0 aliphatic carbocycles. The van der Waals surface area contributed by atoms with Crippen molar-refractivity contribution in [2.75, 3.05) is 0 Å². The Morgan fingerprint density at radius 3 is 2.75 bits per heavy atom. The Balaban J connectivity index is 2.11. The fourth-order valence-electron chi connectivity index (χ4n) is 1.73. The highest BCUT2D eigenvalue weighted by Gasteiger charge is 2.26. The van der Waals surface area contributed by atoms with Crippen molar-refractivity contribution in [2.24, 2.45) is 12.1 Å². The first kappa shape index (κ1) is 13.7. The fourth-order valence-corrected chi connectivity index (χ4v) is 1.73. The van der Waals surface area contributed by atoms with E-state index in [1.807, 2.05) is 0 Å². The first-order valence-electron chi connectivity index (χ1n) is 5.85. The van der Waals surface area contributed by atoms with Crippen LogP contribution in [0.4, 0.5) is 0 Å². The van der Waals surface area contributed by atoms with Crippen LogP contribution in [0, 0.1) is 0 Å². The molecule has 1 atom stereocenters. The monoisotopic (exact) mass is 279 g/mol. The number of hydrogen-bond donors (Lipinski definition) is 3. The zero-order valence-corrected chi connectivity index (χ0v) is 10.7. The van der Waals surface area contributed by atoms with Gasteiger partial charge in [0.05, 0.1) is 6.20 Å². The number of carboxylic acids is 1. The van der Waals surface area contributed by atoms with Crippen molar-refractivity contribution in [3.8, 4) is 0 Å². The van der Waals surface area contributed by atoms with Crippen molar-refractivity contribution in [2.45, 2.75) is 18.9 Å². The number of carboxylic acid groups (broad SMARTS) is 1. The molecule has 1 aromatic heterocycles. The van der Waals surface area contributed by atoms with E-state index in [1.54, 1.807) is 7.05 Å². The number of amides is 2. The molecule has 1 aliphatic heterocycles. The Morgan fingerprint density at radius 2 is 2.25 bits per heavy atom. The standard InChI is InChI=1S/C11H13N5O4/c1-16-5-6(4-12-16)9(11(19)20)13-10(18)7-2-3-8(17)15-14-7/h4-5,9H,2-3H2,1H3,(H,13,18)(H,15,17)(H,19,20). The summed E-state index contributed by atoms with van der Waals surface area (Å²) in [5, 5.41) is 19.0. The number of nitrogens with one attached hydrogen (secondary N) is 2. The number of hydrazone groups is 1. The minimum atomic E-state index is -1.21. The van der Waals surface area contributed by atoms with E-state index in [-0.39, 0.29) is 24.5 Å². The van der Waals surface area contributed by atoms with Crippen molar-refractivity contribution < 1.29 is 19.5 Å². The number of hydrogen-bond acceptors (Lipinski definition) is 5. The van der Waals surface area contributed by atoms with Crippen molar-refractivity contribution in [1.29, 1.82) is 0 Å². The maximum absolute atomic E-state index is 11.9. The Morgan fingerprint density at radius 1 is 1.50 bits per heavy atom. The second kappa shape index (κ2) is 5.51. The first-order chi connectivity index (χ1) is 9.47. The molecule has 106 valence electrons. The fraction of sp³-hybridized carbons (Fsp3) is 0.364. The van der Waals surface area contributed by atoms with Crippen LogP contribution >= 0.6 is 0 Å². The van der Waals surface area contributed by atoms with Crippen molar-refractivity contribution in [3.05, 3.63) is 18.0 Å². The highest BCUT2D eigenvalue weighted by atomic mass is 16.4. The molecule has 2 rings (SSSR count). The van der Waals surface area contributed by atoms with Crippen molar-refractivity contribution in [3.63, 3.8) is 0 Å². The summed E-state index contributed by atoms with van der Waals surface area (Å²) in [5.41, 5.74) is 2.64. The van der Waals surface area contributed by atoms with Gasteiger partial charge >= 0.3 is 5.97 Å². The maximum atomic E-state index is 11.9. The van der Waals surface area contributed by atoms with E-state index in [1.165, 1.54) is 17.1 Å². The summed E-state index contributed by atoms with van der Waals surface area (Å²) >= 11 is 0. The Kier molecular flexibility index (Phi) is 3.78. The van der Waals surface area contributed by atoms with Gasteiger partial charge in [0, 0.05) is 31.6 Å². The molecule has 0 spiro atoms. The van der Waals surface area contributed by atoms with Gasteiger partial charge in [-0.3, -0.25) is 14.3 Å². The van der Waals surface area contributed by atoms with E-state index < -0.39 is 17.9 Å². The SMILES string of the molecule is Cn1cc(C(NC(=O)C2=NNC(=O)CC2)C(=O)O)cn1. The van der Waals surface area contributed by atoms with Crippen LogP contribution in [0.5, 0.6) is 0 Å². The molecular formula is C11H13N5O4. The van der Waals surface area contributed by atoms with E-state index in [0.717, 1.165) is 0 Å². The van der Waals surface area contributed by atoms with E-state index in [2.05, 4.69) is 20.9 Å². The molecule has 1 unspecified atom stereocenters. The van der Waals surface area contributed by atoms with Gasteiger partial charge in [0.25, 0.3) is 5.91 Å². The summed E-state index contributed by atoms with van der Waals surface area (Å²) in [6.45, 7) is 0. The van der Waals surface area contributed by atoms with Gasteiger partial charge in [0.2, 0.25) is 5.91 Å². The number of rotatable bonds is 4. The molecule has 0 aromatic carbocycles. The van der Waals surface area contributed by atoms with Crippen LogP contribution in [-0.4, -0.2) is 38.4 Å². The highest BCUT2D eigenvalue weighted by molar-refractivity contribution is 6.39. The lowest BCUT2D eigenvalue weighted by molar-refractivity contribution is -0.141. The van der Waals surface area contributed by atoms with Gasteiger partial charge in [-0.05, 0) is 0 Å². The molecule has 0 fully saturated rings. The third-order valence-corrected chi connectivity index (χ3v) is 2.75. The molecular weight excluding hydrogens is 266 g/mol. The molecule has 1 aliphatic rings. The number of aromatic nitrogens is 2. The largest absolute Gasteiger partial charge is 0.479 e. The van der Waals surface area contributed by atoms with Crippen LogP contribution in [0.1, 0.15) is 24.4 Å². The second-order valence-electron chi connectivity index (χ2n) is 4.29. The summed E-state index contributed by atoms with van der Waals surface area (Å²) in [7, 11) is 1.64. The zero-order valence-electron chi connectivity index (χ0n) is 10.7. The molecule has 20 heavy (non-hydrogen) atoms. The van der Waals surface area contributed by atoms with Gasteiger partial charge in [-0.2, -0.15) is 10.2 Å². The molecule has 2 heterocycles. The minimum Gasteiger partial charge on any atom is -0.479 e. The van der Waals surface area contributed by atoms with Crippen LogP contribution in [0.15, 0.2) is 17.5 Å². The molecule has 0 bridgehead atoms. The predicted molar refractivity (Wildman–Crippen MR) is 66.5 cm³/mol. The van der Waals surface area contributed by atoms with Gasteiger partial charge < -0.3 is 10.4 Å². The van der Waals surface area contributed by atoms with Crippen LogP contribution in [0.2, 0.25) is 0 Å². The lowest BCUT2D eigenvalue weighted by Gasteiger charge is -2.15. The number of carbonyl (C=O) groups is 3. The Hall–Kier alpha value is -2.71. The smallest absolute Gasteiger partial charge is 0.331 e. The highest BCUT2D eigenvalue weighted by Crippen LogP contribution is 2.12. The zero-order chi connectivity index (χ0) is 14.7. The Bertz CT molecular complexity index is 591. The summed E-state index contributed by atoms with van der Waals surface area (Å²) < 4.78 is 1.44. The van der Waals surface area contributed by atoms with Gasteiger partial charge in [-0.1, -0.05) is 0 Å². The Labute approximate surface area is 113 Å². The third-order valence-electron chi connectivity index (χ3n) is 2.75. The van der Waals surface area contributed by atoms with Crippen LogP contribution < -0.4 is 10.7 Å². The molecule has 0 saturated heterocycles. The van der Waals surface area contributed by atoms with Crippen LogP contribution in [-0.2, 0) is 21.4 Å². The number of carbonyl (C=O) groups excluding carboxylic acids is 2. The lowest BCUT2D eigenvalue weighted by atomic mass is 10.1. The molecule has 3 N–H and O–H groups in total. The van der Waals surface area contributed by atoms with E-state index in [0.29, 0.717) is 5.56 Å². The number of aliphatic carboxylic acids is 1. The van der Waals surface area contributed by atoms with Gasteiger partial charge in [0.1, 0.15) is 5.71 Å².